The molecule has 4 aromatic rings. The van der Waals surface area contributed by atoms with Gasteiger partial charge in [0.2, 0.25) is 0 Å². The van der Waals surface area contributed by atoms with Crippen LogP contribution in [-0.2, 0) is 0 Å². The Kier molecular flexibility index (Phi) is 5.36. The van der Waals surface area contributed by atoms with Gasteiger partial charge in [0, 0.05) is 24.8 Å². The van der Waals surface area contributed by atoms with Crippen LogP contribution >= 0.6 is 22.9 Å². The van der Waals surface area contributed by atoms with Crippen LogP contribution in [0.3, 0.4) is 0 Å². The number of amides is 1. The molecule has 1 amide bonds. The van der Waals surface area contributed by atoms with E-state index in [2.05, 4.69) is 10.4 Å². The van der Waals surface area contributed by atoms with Gasteiger partial charge in [0.15, 0.2) is 11.5 Å². The molecule has 2 aromatic carbocycles. The molecule has 0 saturated heterocycles. The number of carbonyl (C=O) groups is 1. The van der Waals surface area contributed by atoms with Crippen LogP contribution in [0.1, 0.15) is 16.8 Å². The van der Waals surface area contributed by atoms with Crippen LogP contribution in [0.25, 0.3) is 16.3 Å². The maximum absolute atomic E-state index is 13.3. The molecule has 8 heteroatoms. The van der Waals surface area contributed by atoms with Gasteiger partial charge in [-0.05, 0) is 23.6 Å². The standard InChI is InChI=1S/C23H18ClN3O3S/c24-17-12-19-20(30-10-5-9-29-19)13-18(17)25-23(28)16-14-27(15-6-2-1-3-7-15)26-22(16)21-8-4-11-31-21/h1-4,6-8,11-14H,5,9-10H2,(H,25,28). The molecule has 0 fully saturated rings. The average Bonchev–Trinajstić information content (AvgIpc) is 3.42. The number of para-hydroxylation sites is 1. The Labute approximate surface area is 188 Å². The van der Waals surface area contributed by atoms with Crippen LogP contribution in [0.15, 0.2) is 66.2 Å². The SMILES string of the molecule is O=C(Nc1cc2c(cc1Cl)OCCCO2)c1cn(-c2ccccc2)nc1-c1cccs1. The minimum absolute atomic E-state index is 0.304. The summed E-state index contributed by atoms with van der Waals surface area (Å²) in [5, 5.41) is 9.93. The van der Waals surface area contributed by atoms with Gasteiger partial charge in [-0.25, -0.2) is 4.68 Å². The highest BCUT2D eigenvalue weighted by Gasteiger charge is 2.22. The number of hydrogen-bond donors (Lipinski definition) is 1. The van der Waals surface area contributed by atoms with E-state index in [1.165, 1.54) is 11.3 Å². The minimum atomic E-state index is -0.304. The zero-order chi connectivity index (χ0) is 21.2. The summed E-state index contributed by atoms with van der Waals surface area (Å²) in [5.41, 5.74) is 2.39. The van der Waals surface area contributed by atoms with Gasteiger partial charge in [-0.3, -0.25) is 4.79 Å². The molecule has 0 spiro atoms. The molecule has 5 rings (SSSR count). The summed E-state index contributed by atoms with van der Waals surface area (Å²) in [5.74, 6) is 0.842. The number of ether oxygens (including phenoxy) is 2. The lowest BCUT2D eigenvalue weighted by Gasteiger charge is -2.12. The fraction of sp³-hybridized carbons (Fsp3) is 0.130. The van der Waals surface area contributed by atoms with E-state index in [4.69, 9.17) is 21.1 Å². The molecule has 156 valence electrons. The summed E-state index contributed by atoms with van der Waals surface area (Å²) in [6.07, 6.45) is 2.52. The van der Waals surface area contributed by atoms with E-state index in [1.807, 2.05) is 47.8 Å². The Morgan fingerprint density at radius 1 is 1.06 bits per heavy atom. The monoisotopic (exact) mass is 451 g/mol. The molecule has 1 aliphatic heterocycles. The maximum Gasteiger partial charge on any atom is 0.259 e. The first-order valence-electron chi connectivity index (χ1n) is 9.78. The molecule has 0 radical (unpaired) electrons. The van der Waals surface area contributed by atoms with Crippen molar-refractivity contribution in [3.05, 3.63) is 76.8 Å². The quantitative estimate of drug-likeness (QED) is 0.434. The summed E-state index contributed by atoms with van der Waals surface area (Å²) in [6.45, 7) is 1.12. The van der Waals surface area contributed by atoms with Gasteiger partial charge in [-0.2, -0.15) is 5.10 Å². The molecule has 31 heavy (non-hydrogen) atoms. The van der Waals surface area contributed by atoms with Crippen molar-refractivity contribution in [1.29, 1.82) is 0 Å². The van der Waals surface area contributed by atoms with Crippen molar-refractivity contribution in [1.82, 2.24) is 9.78 Å². The largest absolute Gasteiger partial charge is 0.490 e. The first-order valence-corrected chi connectivity index (χ1v) is 11.0. The number of halogens is 1. The van der Waals surface area contributed by atoms with Crippen molar-refractivity contribution in [3.63, 3.8) is 0 Å². The van der Waals surface area contributed by atoms with Crippen LogP contribution in [0.5, 0.6) is 11.5 Å². The fourth-order valence-electron chi connectivity index (χ4n) is 3.32. The van der Waals surface area contributed by atoms with Gasteiger partial charge in [0.25, 0.3) is 5.91 Å². The predicted octanol–water partition coefficient (Wildman–Crippen LogP) is 5.67. The number of thiophene rings is 1. The van der Waals surface area contributed by atoms with Crippen LogP contribution < -0.4 is 14.8 Å². The van der Waals surface area contributed by atoms with Gasteiger partial charge in [0.1, 0.15) is 5.69 Å². The first-order chi connectivity index (χ1) is 15.2. The zero-order valence-electron chi connectivity index (χ0n) is 16.4. The van der Waals surface area contributed by atoms with Crippen LogP contribution in [0, 0.1) is 0 Å². The highest BCUT2D eigenvalue weighted by atomic mass is 35.5. The molecule has 1 aliphatic rings. The molecule has 0 atom stereocenters. The molecular formula is C23H18ClN3O3S. The summed E-state index contributed by atoms with van der Waals surface area (Å²) in [4.78, 5) is 14.2. The van der Waals surface area contributed by atoms with Crippen molar-refractivity contribution in [2.45, 2.75) is 6.42 Å². The van der Waals surface area contributed by atoms with E-state index in [9.17, 15) is 4.79 Å². The van der Waals surface area contributed by atoms with Crippen LogP contribution in [-0.4, -0.2) is 28.9 Å². The molecular weight excluding hydrogens is 434 g/mol. The smallest absolute Gasteiger partial charge is 0.259 e. The summed E-state index contributed by atoms with van der Waals surface area (Å²) in [6, 6.07) is 16.9. The van der Waals surface area contributed by atoms with Gasteiger partial charge in [0.05, 0.1) is 40.1 Å². The van der Waals surface area contributed by atoms with E-state index in [-0.39, 0.29) is 5.91 Å². The number of benzene rings is 2. The maximum atomic E-state index is 13.3. The average molecular weight is 452 g/mol. The lowest BCUT2D eigenvalue weighted by Crippen LogP contribution is -2.13. The highest BCUT2D eigenvalue weighted by Crippen LogP contribution is 2.38. The minimum Gasteiger partial charge on any atom is -0.490 e. The van der Waals surface area contributed by atoms with Gasteiger partial charge < -0.3 is 14.8 Å². The molecule has 0 unspecified atom stereocenters. The van der Waals surface area contributed by atoms with E-state index >= 15 is 0 Å². The van der Waals surface area contributed by atoms with Crippen molar-refractivity contribution in [3.8, 4) is 27.8 Å². The van der Waals surface area contributed by atoms with Crippen molar-refractivity contribution in [2.24, 2.45) is 0 Å². The number of anilines is 1. The molecule has 0 saturated carbocycles. The second kappa shape index (κ2) is 8.45. The Hall–Kier alpha value is -3.29. The Balaban J connectivity index is 1.51. The van der Waals surface area contributed by atoms with E-state index in [0.29, 0.717) is 46.7 Å². The number of carbonyl (C=O) groups excluding carboxylic acids is 1. The highest BCUT2D eigenvalue weighted by molar-refractivity contribution is 7.13. The summed E-state index contributed by atoms with van der Waals surface area (Å²) in [7, 11) is 0. The van der Waals surface area contributed by atoms with E-state index in [0.717, 1.165) is 17.0 Å². The number of fused-ring (bicyclic) bond motifs is 1. The molecule has 1 N–H and O–H groups in total. The predicted molar refractivity (Wildman–Crippen MR) is 122 cm³/mol. The van der Waals surface area contributed by atoms with Crippen molar-refractivity contribution >= 4 is 34.5 Å². The number of rotatable bonds is 4. The van der Waals surface area contributed by atoms with Gasteiger partial charge >= 0.3 is 0 Å². The second-order valence-electron chi connectivity index (χ2n) is 6.93. The van der Waals surface area contributed by atoms with Gasteiger partial charge in [-0.1, -0.05) is 35.9 Å². The second-order valence-corrected chi connectivity index (χ2v) is 8.29. The molecule has 0 aliphatic carbocycles. The third kappa shape index (κ3) is 4.02. The molecule has 2 aromatic heterocycles. The molecule has 3 heterocycles. The van der Waals surface area contributed by atoms with Crippen LogP contribution in [0.4, 0.5) is 5.69 Å². The lowest BCUT2D eigenvalue weighted by molar-refractivity contribution is 0.102. The number of aromatic nitrogens is 2. The van der Waals surface area contributed by atoms with Gasteiger partial charge in [-0.15, -0.1) is 11.3 Å². The summed E-state index contributed by atoms with van der Waals surface area (Å²) >= 11 is 7.95. The third-order valence-electron chi connectivity index (χ3n) is 4.82. The van der Waals surface area contributed by atoms with Crippen LogP contribution in [0.2, 0.25) is 5.02 Å². The normalized spacial score (nSPS) is 12.9. The van der Waals surface area contributed by atoms with E-state index in [1.54, 1.807) is 23.0 Å². The fourth-order valence-corrected chi connectivity index (χ4v) is 4.24. The first kappa shape index (κ1) is 19.7. The third-order valence-corrected chi connectivity index (χ3v) is 6.01. The lowest BCUT2D eigenvalue weighted by atomic mass is 10.2. The molecule has 0 bridgehead atoms. The number of nitrogens with one attached hydrogen (secondary N) is 1. The number of nitrogens with zero attached hydrogens (tertiary/aromatic N) is 2. The van der Waals surface area contributed by atoms with Crippen molar-refractivity contribution < 1.29 is 14.3 Å². The topological polar surface area (TPSA) is 65.4 Å². The Morgan fingerprint density at radius 3 is 2.58 bits per heavy atom. The van der Waals surface area contributed by atoms with E-state index < -0.39 is 0 Å². The molecule has 6 nitrogen and oxygen atoms in total. The van der Waals surface area contributed by atoms with Crippen molar-refractivity contribution in [2.75, 3.05) is 18.5 Å². The number of hydrogen-bond acceptors (Lipinski definition) is 5. The Bertz CT molecular complexity index is 1220. The summed E-state index contributed by atoms with van der Waals surface area (Å²) < 4.78 is 13.1. The zero-order valence-corrected chi connectivity index (χ0v) is 17.9. The Morgan fingerprint density at radius 2 is 1.84 bits per heavy atom.